The zero-order valence-corrected chi connectivity index (χ0v) is 11.6. The van der Waals surface area contributed by atoms with Crippen LogP contribution in [0.1, 0.15) is 24.6 Å². The normalized spacial score (nSPS) is 10.7. The van der Waals surface area contributed by atoms with Gasteiger partial charge in [0.25, 0.3) is 0 Å². The predicted octanol–water partition coefficient (Wildman–Crippen LogP) is 1.81. The van der Waals surface area contributed by atoms with Crippen molar-refractivity contribution in [2.24, 2.45) is 7.05 Å². The number of nitrogens with zero attached hydrogens (tertiary/aromatic N) is 4. The molecular formula is C13H19N5O. The Bertz CT molecular complexity index is 538. The van der Waals surface area contributed by atoms with Gasteiger partial charge < -0.3 is 10.1 Å². The lowest BCUT2D eigenvalue weighted by atomic mass is 10.2. The van der Waals surface area contributed by atoms with Gasteiger partial charge >= 0.3 is 6.01 Å². The number of pyridine rings is 1. The van der Waals surface area contributed by atoms with Gasteiger partial charge in [-0.05, 0) is 25.5 Å². The maximum atomic E-state index is 5.49. The molecule has 0 aliphatic carbocycles. The minimum Gasteiger partial charge on any atom is -0.404 e. The Morgan fingerprint density at radius 3 is 2.84 bits per heavy atom. The van der Waals surface area contributed by atoms with Gasteiger partial charge in [-0.2, -0.15) is 4.98 Å². The third-order valence-corrected chi connectivity index (χ3v) is 2.69. The van der Waals surface area contributed by atoms with Crippen LogP contribution in [0.25, 0.3) is 0 Å². The van der Waals surface area contributed by atoms with E-state index in [0.29, 0.717) is 11.9 Å². The van der Waals surface area contributed by atoms with Crippen molar-refractivity contribution >= 4 is 0 Å². The first-order valence-electron chi connectivity index (χ1n) is 6.39. The van der Waals surface area contributed by atoms with Crippen LogP contribution in [0, 0.1) is 6.92 Å². The van der Waals surface area contributed by atoms with E-state index in [1.807, 2.05) is 19.1 Å². The molecule has 0 radical (unpaired) electrons. The van der Waals surface area contributed by atoms with Crippen molar-refractivity contribution in [1.29, 1.82) is 0 Å². The highest BCUT2D eigenvalue weighted by molar-refractivity contribution is 5.26. The fraction of sp³-hybridized carbons (Fsp3) is 0.462. The predicted molar refractivity (Wildman–Crippen MR) is 72.0 cm³/mol. The largest absolute Gasteiger partial charge is 0.404 e. The molecule has 0 aliphatic heterocycles. The van der Waals surface area contributed by atoms with Crippen LogP contribution in [0.2, 0.25) is 0 Å². The molecule has 0 amide bonds. The van der Waals surface area contributed by atoms with Gasteiger partial charge in [0.1, 0.15) is 6.33 Å². The molecule has 0 unspecified atom stereocenters. The van der Waals surface area contributed by atoms with Crippen LogP contribution in [0.4, 0.5) is 0 Å². The Morgan fingerprint density at radius 1 is 1.37 bits per heavy atom. The molecule has 0 spiro atoms. The number of rotatable bonds is 6. The first-order chi connectivity index (χ1) is 9.19. The first-order valence-corrected chi connectivity index (χ1v) is 6.39. The third kappa shape index (κ3) is 3.75. The lowest BCUT2D eigenvalue weighted by Crippen LogP contribution is -2.15. The molecule has 0 saturated carbocycles. The Kier molecular flexibility index (Phi) is 4.46. The number of nitrogens with one attached hydrogen (secondary N) is 1. The molecule has 0 saturated heterocycles. The van der Waals surface area contributed by atoms with E-state index >= 15 is 0 Å². The molecule has 0 fully saturated rings. The Balaban J connectivity index is 2.01. The summed E-state index contributed by atoms with van der Waals surface area (Å²) in [4.78, 5) is 8.41. The average molecular weight is 261 g/mol. The zero-order valence-electron chi connectivity index (χ0n) is 11.6. The van der Waals surface area contributed by atoms with Crippen molar-refractivity contribution in [2.45, 2.75) is 26.8 Å². The van der Waals surface area contributed by atoms with Crippen LogP contribution in [0.5, 0.6) is 11.9 Å². The van der Waals surface area contributed by atoms with Gasteiger partial charge in [-0.1, -0.05) is 13.0 Å². The van der Waals surface area contributed by atoms with Crippen LogP contribution >= 0.6 is 0 Å². The first kappa shape index (κ1) is 13.5. The Labute approximate surface area is 112 Å². The molecule has 2 heterocycles. The van der Waals surface area contributed by atoms with Gasteiger partial charge in [0, 0.05) is 25.4 Å². The summed E-state index contributed by atoms with van der Waals surface area (Å²) in [5.41, 5.74) is 2.13. The molecule has 0 aliphatic rings. The Morgan fingerprint density at radius 2 is 2.21 bits per heavy atom. The third-order valence-electron chi connectivity index (χ3n) is 2.69. The van der Waals surface area contributed by atoms with Gasteiger partial charge in [0.2, 0.25) is 5.88 Å². The molecule has 0 bridgehead atoms. The van der Waals surface area contributed by atoms with Crippen molar-refractivity contribution in [3.05, 3.63) is 29.7 Å². The number of hydrogen-bond acceptors (Lipinski definition) is 5. The summed E-state index contributed by atoms with van der Waals surface area (Å²) in [5, 5.41) is 7.41. The molecule has 1 N–H and O–H groups in total. The molecule has 0 atom stereocenters. The molecule has 102 valence electrons. The molecule has 2 rings (SSSR count). The minimum atomic E-state index is 0.311. The van der Waals surface area contributed by atoms with E-state index in [0.717, 1.165) is 25.2 Å². The van der Waals surface area contributed by atoms with Crippen molar-refractivity contribution in [2.75, 3.05) is 6.54 Å². The maximum Gasteiger partial charge on any atom is 0.342 e. The minimum absolute atomic E-state index is 0.311. The van der Waals surface area contributed by atoms with Crippen LogP contribution < -0.4 is 10.1 Å². The summed E-state index contributed by atoms with van der Waals surface area (Å²) in [7, 11) is 1.79. The quantitative estimate of drug-likeness (QED) is 0.803. The highest BCUT2D eigenvalue weighted by Crippen LogP contribution is 2.17. The fourth-order valence-corrected chi connectivity index (χ4v) is 1.67. The SMILES string of the molecule is CCCNCc1ccc(Oc2ncn(C)n2)nc1C. The standard InChI is InChI=1S/C13H19N5O/c1-4-7-14-8-11-5-6-12(16-10(11)2)19-13-15-9-18(3)17-13/h5-6,9,14H,4,7-8H2,1-3H3. The zero-order chi connectivity index (χ0) is 13.7. The molecule has 2 aromatic heterocycles. The smallest absolute Gasteiger partial charge is 0.342 e. The molecular weight excluding hydrogens is 242 g/mol. The van der Waals surface area contributed by atoms with Crippen LogP contribution in [0.3, 0.4) is 0 Å². The number of hydrogen-bond donors (Lipinski definition) is 1. The molecule has 2 aromatic rings. The van der Waals surface area contributed by atoms with Gasteiger partial charge in [0.15, 0.2) is 0 Å². The van der Waals surface area contributed by atoms with Crippen LogP contribution in [-0.4, -0.2) is 26.3 Å². The second-order valence-corrected chi connectivity index (χ2v) is 4.37. The van der Waals surface area contributed by atoms with Crippen molar-refractivity contribution in [3.63, 3.8) is 0 Å². The summed E-state index contributed by atoms with van der Waals surface area (Å²) in [6, 6.07) is 4.17. The van der Waals surface area contributed by atoms with E-state index in [-0.39, 0.29) is 0 Å². The topological polar surface area (TPSA) is 64.9 Å². The van der Waals surface area contributed by atoms with E-state index in [2.05, 4.69) is 27.3 Å². The lowest BCUT2D eigenvalue weighted by molar-refractivity contribution is 0.421. The number of aryl methyl sites for hydroxylation is 2. The van der Waals surface area contributed by atoms with Crippen LogP contribution in [-0.2, 0) is 13.6 Å². The van der Waals surface area contributed by atoms with Gasteiger partial charge in [-0.15, -0.1) is 5.10 Å². The Hall–Kier alpha value is -1.95. The summed E-state index contributed by atoms with van der Waals surface area (Å²) < 4.78 is 7.07. The highest BCUT2D eigenvalue weighted by atomic mass is 16.5. The molecule has 6 nitrogen and oxygen atoms in total. The summed E-state index contributed by atoms with van der Waals surface area (Å²) in [6.07, 6.45) is 2.71. The summed E-state index contributed by atoms with van der Waals surface area (Å²) >= 11 is 0. The van der Waals surface area contributed by atoms with Crippen LogP contribution in [0.15, 0.2) is 18.5 Å². The summed E-state index contributed by atoms with van der Waals surface area (Å²) in [6.45, 7) is 5.96. The average Bonchev–Trinajstić information content (AvgIpc) is 2.78. The van der Waals surface area contributed by atoms with E-state index in [9.17, 15) is 0 Å². The van der Waals surface area contributed by atoms with E-state index < -0.39 is 0 Å². The fourth-order valence-electron chi connectivity index (χ4n) is 1.67. The van der Waals surface area contributed by atoms with Crippen molar-refractivity contribution in [3.8, 4) is 11.9 Å². The molecule has 0 aromatic carbocycles. The van der Waals surface area contributed by atoms with Crippen molar-refractivity contribution in [1.82, 2.24) is 25.1 Å². The number of aromatic nitrogens is 4. The van der Waals surface area contributed by atoms with Gasteiger partial charge in [-0.25, -0.2) is 4.98 Å². The lowest BCUT2D eigenvalue weighted by Gasteiger charge is -2.08. The second-order valence-electron chi connectivity index (χ2n) is 4.37. The molecule has 19 heavy (non-hydrogen) atoms. The second kappa shape index (κ2) is 6.29. The maximum absolute atomic E-state index is 5.49. The van der Waals surface area contributed by atoms with Crippen molar-refractivity contribution < 1.29 is 4.74 Å². The monoisotopic (exact) mass is 261 g/mol. The number of ether oxygens (including phenoxy) is 1. The highest BCUT2D eigenvalue weighted by Gasteiger charge is 2.06. The van der Waals surface area contributed by atoms with Gasteiger partial charge in [-0.3, -0.25) is 4.68 Å². The van der Waals surface area contributed by atoms with E-state index in [1.54, 1.807) is 18.1 Å². The van der Waals surface area contributed by atoms with Gasteiger partial charge in [0.05, 0.1) is 0 Å². The molecule has 6 heteroatoms. The van der Waals surface area contributed by atoms with E-state index in [1.165, 1.54) is 5.56 Å². The van der Waals surface area contributed by atoms with E-state index in [4.69, 9.17) is 4.74 Å². The summed E-state index contributed by atoms with van der Waals surface area (Å²) in [5.74, 6) is 0.517.